The van der Waals surface area contributed by atoms with Gasteiger partial charge in [-0.15, -0.1) is 0 Å². The molecule has 1 aromatic carbocycles. The highest BCUT2D eigenvalue weighted by molar-refractivity contribution is 5.75. The number of cyclic esters (lactones) is 1. The predicted octanol–water partition coefficient (Wildman–Crippen LogP) is 1.88. The Morgan fingerprint density at radius 1 is 1.12 bits per heavy atom. The highest BCUT2D eigenvalue weighted by Gasteiger charge is 2.42. The Balaban J connectivity index is 1.54. The summed E-state index contributed by atoms with van der Waals surface area (Å²) in [6.07, 6.45) is 2.93. The second kappa shape index (κ2) is 6.13. The number of rotatable bonds is 4. The minimum Gasteiger partial charge on any atom is -0.465 e. The molecule has 0 saturated carbocycles. The van der Waals surface area contributed by atoms with Crippen LogP contribution in [0.5, 0.6) is 11.5 Å². The zero-order valence-electron chi connectivity index (χ0n) is 12.9. The molecule has 6 nitrogen and oxygen atoms in total. The van der Waals surface area contributed by atoms with Crippen molar-refractivity contribution in [2.24, 2.45) is 11.8 Å². The van der Waals surface area contributed by atoms with Crippen molar-refractivity contribution in [2.75, 3.05) is 13.4 Å². The Kier molecular flexibility index (Phi) is 3.82. The highest BCUT2D eigenvalue weighted by atomic mass is 16.7. The van der Waals surface area contributed by atoms with Crippen molar-refractivity contribution in [3.05, 3.63) is 53.9 Å². The number of nitrogens with zero attached hydrogens (tertiary/aromatic N) is 1. The largest absolute Gasteiger partial charge is 0.465 e. The molecule has 3 heterocycles. The van der Waals surface area contributed by atoms with Crippen LogP contribution in [0.4, 0.5) is 0 Å². The van der Waals surface area contributed by atoms with E-state index < -0.39 is 12.0 Å². The Labute approximate surface area is 139 Å². The van der Waals surface area contributed by atoms with E-state index in [9.17, 15) is 9.90 Å². The number of esters is 1. The van der Waals surface area contributed by atoms with Gasteiger partial charge in [0.25, 0.3) is 0 Å². The Hall–Kier alpha value is -2.60. The van der Waals surface area contributed by atoms with Crippen LogP contribution in [0, 0.1) is 11.8 Å². The van der Waals surface area contributed by atoms with Crippen LogP contribution in [0.2, 0.25) is 0 Å². The Morgan fingerprint density at radius 2 is 1.92 bits per heavy atom. The van der Waals surface area contributed by atoms with Gasteiger partial charge < -0.3 is 19.3 Å². The lowest BCUT2D eigenvalue weighted by atomic mass is 9.83. The third-order valence-electron chi connectivity index (χ3n) is 4.54. The van der Waals surface area contributed by atoms with Gasteiger partial charge in [0.2, 0.25) is 6.79 Å². The number of ether oxygens (including phenoxy) is 3. The summed E-state index contributed by atoms with van der Waals surface area (Å²) in [7, 11) is 0. The average molecular weight is 327 g/mol. The van der Waals surface area contributed by atoms with Crippen LogP contribution in [0.1, 0.15) is 17.2 Å². The Bertz CT molecular complexity index is 748. The molecule has 1 fully saturated rings. The van der Waals surface area contributed by atoms with Crippen molar-refractivity contribution in [1.29, 1.82) is 0 Å². The summed E-state index contributed by atoms with van der Waals surface area (Å²) in [5.74, 6) is 0.402. The van der Waals surface area contributed by atoms with Crippen LogP contribution in [0.3, 0.4) is 0 Å². The maximum absolute atomic E-state index is 12.1. The van der Waals surface area contributed by atoms with Crippen molar-refractivity contribution < 1.29 is 24.1 Å². The lowest BCUT2D eigenvalue weighted by Gasteiger charge is -2.21. The number of hydrogen-bond donors (Lipinski definition) is 1. The molecule has 1 aromatic heterocycles. The van der Waals surface area contributed by atoms with E-state index in [-0.39, 0.29) is 18.7 Å². The van der Waals surface area contributed by atoms with Gasteiger partial charge in [-0.2, -0.15) is 0 Å². The predicted molar refractivity (Wildman–Crippen MR) is 83.4 cm³/mol. The highest BCUT2D eigenvalue weighted by Crippen LogP contribution is 2.38. The molecule has 2 aliphatic heterocycles. The zero-order chi connectivity index (χ0) is 16.5. The number of aliphatic hydroxyl groups excluding tert-OH is 1. The van der Waals surface area contributed by atoms with E-state index in [2.05, 4.69) is 4.98 Å². The first-order chi connectivity index (χ1) is 11.7. The number of carbonyl (C=O) groups excluding carboxylic acids is 1. The summed E-state index contributed by atoms with van der Waals surface area (Å²) >= 11 is 0. The first-order valence-corrected chi connectivity index (χ1v) is 7.85. The van der Waals surface area contributed by atoms with Crippen molar-refractivity contribution in [3.8, 4) is 11.5 Å². The second-order valence-corrected chi connectivity index (χ2v) is 6.03. The SMILES string of the molecule is O=C1OC[C@H](Cc2ccc3c(c2)OCO3)[C@H]1[C@H](O)c1ccncc1. The van der Waals surface area contributed by atoms with Gasteiger partial charge in [0, 0.05) is 18.3 Å². The van der Waals surface area contributed by atoms with Gasteiger partial charge in [-0.25, -0.2) is 0 Å². The fraction of sp³-hybridized carbons (Fsp3) is 0.333. The van der Waals surface area contributed by atoms with Gasteiger partial charge in [-0.05, 0) is 41.8 Å². The van der Waals surface area contributed by atoms with Gasteiger partial charge in [0.15, 0.2) is 11.5 Å². The number of pyridine rings is 1. The lowest BCUT2D eigenvalue weighted by Crippen LogP contribution is -2.25. The van der Waals surface area contributed by atoms with Crippen molar-refractivity contribution in [1.82, 2.24) is 4.98 Å². The molecule has 2 aromatic rings. The van der Waals surface area contributed by atoms with Gasteiger partial charge in [-0.1, -0.05) is 6.07 Å². The maximum Gasteiger partial charge on any atom is 0.312 e. The van der Waals surface area contributed by atoms with E-state index >= 15 is 0 Å². The number of fused-ring (bicyclic) bond motifs is 1. The quantitative estimate of drug-likeness (QED) is 0.864. The first-order valence-electron chi connectivity index (χ1n) is 7.85. The summed E-state index contributed by atoms with van der Waals surface area (Å²) < 4.78 is 15.9. The third kappa shape index (κ3) is 2.69. The van der Waals surface area contributed by atoms with Crippen molar-refractivity contribution in [2.45, 2.75) is 12.5 Å². The standard InChI is InChI=1S/C18H17NO5/c20-17(12-3-5-19-6-4-12)16-13(9-22-18(16)21)7-11-1-2-14-15(8-11)24-10-23-14/h1-6,8,13,16-17,20H,7,9-10H2/t13-,16-,17+/m0/s1. The second-order valence-electron chi connectivity index (χ2n) is 6.03. The maximum atomic E-state index is 12.1. The van der Waals surface area contributed by atoms with Crippen molar-refractivity contribution in [3.63, 3.8) is 0 Å². The van der Waals surface area contributed by atoms with Gasteiger partial charge >= 0.3 is 5.97 Å². The number of aliphatic hydroxyl groups is 1. The number of benzene rings is 1. The smallest absolute Gasteiger partial charge is 0.312 e. The average Bonchev–Trinajstić information content (AvgIpc) is 3.21. The molecule has 4 rings (SSSR count). The summed E-state index contributed by atoms with van der Waals surface area (Å²) in [5.41, 5.74) is 1.69. The lowest BCUT2D eigenvalue weighted by molar-refractivity contribution is -0.144. The molecule has 0 amide bonds. The molecule has 3 atom stereocenters. The fourth-order valence-electron chi connectivity index (χ4n) is 3.29. The van der Waals surface area contributed by atoms with Crippen LogP contribution in [-0.2, 0) is 16.0 Å². The molecule has 1 saturated heterocycles. The molecule has 0 spiro atoms. The molecular formula is C18H17NO5. The van der Waals surface area contributed by atoms with Crippen LogP contribution in [0.25, 0.3) is 0 Å². The van der Waals surface area contributed by atoms with E-state index in [0.29, 0.717) is 24.3 Å². The van der Waals surface area contributed by atoms with Crippen molar-refractivity contribution >= 4 is 5.97 Å². The van der Waals surface area contributed by atoms with Gasteiger partial charge in [0.05, 0.1) is 18.6 Å². The molecule has 0 aliphatic carbocycles. The van der Waals surface area contributed by atoms with E-state index in [4.69, 9.17) is 14.2 Å². The molecule has 1 N–H and O–H groups in total. The number of hydrogen-bond acceptors (Lipinski definition) is 6. The normalized spacial score (nSPS) is 23.1. The van der Waals surface area contributed by atoms with Crippen LogP contribution < -0.4 is 9.47 Å². The summed E-state index contributed by atoms with van der Waals surface area (Å²) in [6, 6.07) is 9.17. The molecule has 6 heteroatoms. The van der Waals surface area contributed by atoms with E-state index in [1.54, 1.807) is 24.5 Å². The molecular weight excluding hydrogens is 310 g/mol. The molecule has 0 bridgehead atoms. The van der Waals surface area contributed by atoms with E-state index in [1.807, 2.05) is 18.2 Å². The minimum atomic E-state index is -0.901. The summed E-state index contributed by atoms with van der Waals surface area (Å²) in [6.45, 7) is 0.535. The van der Waals surface area contributed by atoms with Crippen LogP contribution >= 0.6 is 0 Å². The number of carbonyl (C=O) groups is 1. The summed E-state index contributed by atoms with van der Waals surface area (Å²) in [5, 5.41) is 10.6. The topological polar surface area (TPSA) is 77.9 Å². The van der Waals surface area contributed by atoms with Gasteiger partial charge in [-0.3, -0.25) is 9.78 Å². The molecule has 0 radical (unpaired) electrons. The molecule has 124 valence electrons. The van der Waals surface area contributed by atoms with Crippen LogP contribution in [-0.4, -0.2) is 29.5 Å². The summed E-state index contributed by atoms with van der Waals surface area (Å²) in [4.78, 5) is 16.1. The first kappa shape index (κ1) is 15.0. The zero-order valence-corrected chi connectivity index (χ0v) is 12.9. The van der Waals surface area contributed by atoms with E-state index in [0.717, 1.165) is 11.3 Å². The van der Waals surface area contributed by atoms with Gasteiger partial charge in [0.1, 0.15) is 0 Å². The molecule has 0 unspecified atom stereocenters. The molecule has 24 heavy (non-hydrogen) atoms. The minimum absolute atomic E-state index is 0.0963. The monoisotopic (exact) mass is 327 g/mol. The fourth-order valence-corrected chi connectivity index (χ4v) is 3.29. The number of aromatic nitrogens is 1. The van der Waals surface area contributed by atoms with E-state index in [1.165, 1.54) is 0 Å². The van der Waals surface area contributed by atoms with Crippen LogP contribution in [0.15, 0.2) is 42.7 Å². The Morgan fingerprint density at radius 3 is 2.75 bits per heavy atom. The molecule has 2 aliphatic rings. The third-order valence-corrected chi connectivity index (χ3v) is 4.54.